The van der Waals surface area contributed by atoms with E-state index >= 15 is 0 Å². The summed E-state index contributed by atoms with van der Waals surface area (Å²) in [6.07, 6.45) is 8.06. The van der Waals surface area contributed by atoms with Gasteiger partial charge in [0.2, 0.25) is 0 Å². The predicted molar refractivity (Wildman–Crippen MR) is 123 cm³/mol. The monoisotopic (exact) mass is 421 g/mol. The van der Waals surface area contributed by atoms with Gasteiger partial charge in [-0.2, -0.15) is 0 Å². The number of aromatic amines is 1. The van der Waals surface area contributed by atoms with E-state index in [0.717, 1.165) is 29.8 Å². The molecule has 3 aromatic rings. The minimum atomic E-state index is 0.271. The first-order chi connectivity index (χ1) is 14.1. The van der Waals surface area contributed by atoms with Crippen molar-refractivity contribution in [2.75, 3.05) is 12.8 Å². The highest BCUT2D eigenvalue weighted by atomic mass is 32.2. The lowest BCUT2D eigenvalue weighted by molar-refractivity contribution is -0.00548. The van der Waals surface area contributed by atoms with Gasteiger partial charge >= 0.3 is 0 Å². The molecule has 1 aromatic heterocycles. The van der Waals surface area contributed by atoms with Crippen molar-refractivity contribution in [3.63, 3.8) is 0 Å². The van der Waals surface area contributed by atoms with Gasteiger partial charge in [-0.25, -0.2) is 9.99 Å². The number of aryl methyl sites for hydroxylation is 1. The van der Waals surface area contributed by atoms with Gasteiger partial charge in [-0.3, -0.25) is 5.01 Å². The molecule has 1 fully saturated rings. The third-order valence-corrected chi connectivity index (χ3v) is 7.52. The SMILES string of the molecule is CSc1ccc2nc([C@@H]3CCCN3N3[C]=C(c4ccc(C)cc4)SC3C)[nH]c2c1. The molecule has 2 atom stereocenters. The number of aromatic nitrogens is 2. The molecular weight excluding hydrogens is 396 g/mol. The Hall–Kier alpha value is -1.89. The van der Waals surface area contributed by atoms with Crippen LogP contribution in [0.15, 0.2) is 47.4 Å². The quantitative estimate of drug-likeness (QED) is 0.535. The van der Waals surface area contributed by atoms with E-state index in [2.05, 4.69) is 83.8 Å². The molecule has 0 aliphatic carbocycles. The molecule has 0 bridgehead atoms. The van der Waals surface area contributed by atoms with Crippen molar-refractivity contribution in [2.24, 2.45) is 0 Å². The number of hydrogen-bond acceptors (Lipinski definition) is 5. The molecule has 0 spiro atoms. The fourth-order valence-electron chi connectivity index (χ4n) is 4.13. The Morgan fingerprint density at radius 1 is 1.21 bits per heavy atom. The molecule has 1 saturated heterocycles. The van der Waals surface area contributed by atoms with Crippen LogP contribution < -0.4 is 0 Å². The first kappa shape index (κ1) is 19.1. The Labute approximate surface area is 180 Å². The Morgan fingerprint density at radius 2 is 2.03 bits per heavy atom. The zero-order valence-corrected chi connectivity index (χ0v) is 18.6. The van der Waals surface area contributed by atoms with E-state index in [1.54, 1.807) is 11.8 Å². The predicted octanol–water partition coefficient (Wildman–Crippen LogP) is 5.84. The number of imidazole rings is 1. The van der Waals surface area contributed by atoms with Gasteiger partial charge in [-0.05, 0) is 56.7 Å². The Kier molecular flexibility index (Phi) is 5.10. The lowest BCUT2D eigenvalue weighted by Crippen LogP contribution is -2.41. The van der Waals surface area contributed by atoms with Crippen LogP contribution in [0, 0.1) is 13.1 Å². The lowest BCUT2D eigenvalue weighted by Gasteiger charge is -2.34. The molecular formula is C23H25N4S2. The molecule has 1 N–H and O–H groups in total. The second kappa shape index (κ2) is 7.74. The first-order valence-electron chi connectivity index (χ1n) is 10.1. The third kappa shape index (κ3) is 3.58. The molecule has 3 heterocycles. The summed E-state index contributed by atoms with van der Waals surface area (Å²) in [6.45, 7) is 5.43. The Morgan fingerprint density at radius 3 is 2.83 bits per heavy atom. The summed E-state index contributed by atoms with van der Waals surface area (Å²) in [7, 11) is 0. The number of thioether (sulfide) groups is 2. The Bertz CT molecular complexity index is 1060. The minimum Gasteiger partial charge on any atom is -0.341 e. The van der Waals surface area contributed by atoms with Crippen LogP contribution in [0.3, 0.4) is 0 Å². The molecule has 1 unspecified atom stereocenters. The topological polar surface area (TPSA) is 35.2 Å². The number of benzene rings is 2. The van der Waals surface area contributed by atoms with Crippen LogP contribution in [0.2, 0.25) is 0 Å². The summed E-state index contributed by atoms with van der Waals surface area (Å²) in [5, 5.41) is 5.09. The Balaban J connectivity index is 1.43. The molecule has 5 rings (SSSR count). The normalized spacial score (nSPS) is 22.6. The lowest BCUT2D eigenvalue weighted by atomic mass is 10.1. The zero-order valence-electron chi connectivity index (χ0n) is 17.0. The average Bonchev–Trinajstić information content (AvgIpc) is 3.45. The molecule has 149 valence electrons. The van der Waals surface area contributed by atoms with Gasteiger partial charge in [-0.1, -0.05) is 41.6 Å². The summed E-state index contributed by atoms with van der Waals surface area (Å²) < 4.78 is 0. The van der Waals surface area contributed by atoms with E-state index in [1.165, 1.54) is 27.3 Å². The second-order valence-corrected chi connectivity index (χ2v) is 9.90. The largest absolute Gasteiger partial charge is 0.341 e. The van der Waals surface area contributed by atoms with Gasteiger partial charge in [0, 0.05) is 16.3 Å². The van der Waals surface area contributed by atoms with Crippen molar-refractivity contribution in [1.29, 1.82) is 0 Å². The van der Waals surface area contributed by atoms with Crippen molar-refractivity contribution >= 4 is 39.5 Å². The minimum absolute atomic E-state index is 0.271. The summed E-state index contributed by atoms with van der Waals surface area (Å²) in [4.78, 5) is 11.0. The molecule has 1 radical (unpaired) electrons. The van der Waals surface area contributed by atoms with Gasteiger partial charge in [0.1, 0.15) is 5.82 Å². The highest BCUT2D eigenvalue weighted by molar-refractivity contribution is 8.09. The van der Waals surface area contributed by atoms with E-state index in [9.17, 15) is 0 Å². The zero-order chi connectivity index (χ0) is 20.0. The smallest absolute Gasteiger partial charge is 0.126 e. The van der Waals surface area contributed by atoms with E-state index in [0.29, 0.717) is 5.37 Å². The molecule has 0 saturated carbocycles. The highest BCUT2D eigenvalue weighted by Crippen LogP contribution is 2.43. The van der Waals surface area contributed by atoms with Crippen LogP contribution in [0.4, 0.5) is 0 Å². The van der Waals surface area contributed by atoms with E-state index in [4.69, 9.17) is 4.98 Å². The van der Waals surface area contributed by atoms with Crippen LogP contribution in [-0.2, 0) is 0 Å². The van der Waals surface area contributed by atoms with Gasteiger partial charge in [-0.15, -0.1) is 11.8 Å². The van der Waals surface area contributed by atoms with Crippen LogP contribution in [0.5, 0.6) is 0 Å². The number of hydrazine groups is 1. The van der Waals surface area contributed by atoms with Crippen LogP contribution in [0.1, 0.15) is 42.8 Å². The summed E-state index contributed by atoms with van der Waals surface area (Å²) in [5.41, 5.74) is 4.71. The van der Waals surface area contributed by atoms with Crippen molar-refractivity contribution in [1.82, 2.24) is 20.0 Å². The summed E-state index contributed by atoms with van der Waals surface area (Å²) >= 11 is 3.65. The van der Waals surface area contributed by atoms with Crippen molar-refractivity contribution in [2.45, 2.75) is 43.0 Å². The summed E-state index contributed by atoms with van der Waals surface area (Å²) in [6, 6.07) is 15.5. The van der Waals surface area contributed by atoms with Crippen molar-refractivity contribution < 1.29 is 0 Å². The van der Waals surface area contributed by atoms with Gasteiger partial charge in [0.05, 0.1) is 28.6 Å². The van der Waals surface area contributed by atoms with Crippen LogP contribution in [-0.4, -0.2) is 38.2 Å². The number of fused-ring (bicyclic) bond motifs is 1. The number of H-pyrrole nitrogens is 1. The molecule has 0 amide bonds. The highest BCUT2D eigenvalue weighted by Gasteiger charge is 2.37. The fraction of sp³-hybridized carbons (Fsp3) is 0.348. The van der Waals surface area contributed by atoms with E-state index in [-0.39, 0.29) is 6.04 Å². The molecule has 4 nitrogen and oxygen atoms in total. The van der Waals surface area contributed by atoms with Crippen LogP contribution in [0.25, 0.3) is 15.9 Å². The average molecular weight is 422 g/mol. The first-order valence-corrected chi connectivity index (χ1v) is 12.2. The molecule has 6 heteroatoms. The van der Waals surface area contributed by atoms with Gasteiger partial charge < -0.3 is 4.98 Å². The maximum absolute atomic E-state index is 4.93. The maximum Gasteiger partial charge on any atom is 0.126 e. The van der Waals surface area contributed by atoms with Gasteiger partial charge in [0.15, 0.2) is 0 Å². The van der Waals surface area contributed by atoms with Crippen LogP contribution >= 0.6 is 23.5 Å². The molecule has 29 heavy (non-hydrogen) atoms. The fourth-order valence-corrected chi connectivity index (χ4v) is 5.61. The molecule has 2 aromatic carbocycles. The number of rotatable bonds is 4. The van der Waals surface area contributed by atoms with Gasteiger partial charge in [0.25, 0.3) is 0 Å². The number of hydrogen-bond donors (Lipinski definition) is 1. The second-order valence-electron chi connectivity index (χ2n) is 7.69. The molecule has 2 aliphatic heterocycles. The molecule has 2 aliphatic rings. The van der Waals surface area contributed by atoms with E-state index in [1.807, 2.05) is 11.8 Å². The standard InChI is InChI=1S/C23H25N4S2/c1-15-6-8-17(9-7-15)22-14-27(16(2)29-22)26-12-4-5-21(26)23-24-19-11-10-18(28-3)13-20(19)25-23/h6-11,13,16,21H,4-5,12H2,1-3H3,(H,24,25)/t16?,21-/m0/s1. The van der Waals surface area contributed by atoms with Crippen molar-refractivity contribution in [3.8, 4) is 0 Å². The maximum atomic E-state index is 4.93. The third-order valence-electron chi connectivity index (χ3n) is 5.69. The number of nitrogens with one attached hydrogen (secondary N) is 1. The number of nitrogens with zero attached hydrogens (tertiary/aromatic N) is 3. The van der Waals surface area contributed by atoms with Crippen molar-refractivity contribution in [3.05, 3.63) is 65.6 Å². The van der Waals surface area contributed by atoms with E-state index < -0.39 is 0 Å². The summed E-state index contributed by atoms with van der Waals surface area (Å²) in [5.74, 6) is 1.07.